The standard InChI is InChI=1S/C11H23N3OS/c1-3-14-7-4-5-10(14)9-13-11(16)12-6-8-15-2/h10H,3-9H2,1-2H3,(H2,12,13,16)/t10-/m0/s1. The molecule has 0 radical (unpaired) electrons. The first kappa shape index (κ1) is 13.7. The normalized spacial score (nSPS) is 21.0. The van der Waals surface area contributed by atoms with Crippen LogP contribution in [0.2, 0.25) is 0 Å². The van der Waals surface area contributed by atoms with Gasteiger partial charge in [0, 0.05) is 26.2 Å². The van der Waals surface area contributed by atoms with E-state index in [4.69, 9.17) is 17.0 Å². The molecule has 1 fully saturated rings. The highest BCUT2D eigenvalue weighted by molar-refractivity contribution is 7.80. The number of hydrogen-bond donors (Lipinski definition) is 2. The summed E-state index contributed by atoms with van der Waals surface area (Å²) in [7, 11) is 1.69. The molecule has 4 nitrogen and oxygen atoms in total. The van der Waals surface area contributed by atoms with Crippen LogP contribution in [0.4, 0.5) is 0 Å². The first-order valence-electron chi connectivity index (χ1n) is 6.02. The minimum Gasteiger partial charge on any atom is -0.383 e. The van der Waals surface area contributed by atoms with Crippen LogP contribution in [0, 0.1) is 0 Å². The number of nitrogens with one attached hydrogen (secondary N) is 2. The van der Waals surface area contributed by atoms with E-state index in [0.717, 1.165) is 24.7 Å². The van der Waals surface area contributed by atoms with Crippen LogP contribution in [-0.2, 0) is 4.74 Å². The largest absolute Gasteiger partial charge is 0.383 e. The summed E-state index contributed by atoms with van der Waals surface area (Å²) in [5.74, 6) is 0. The van der Waals surface area contributed by atoms with Crippen molar-refractivity contribution >= 4 is 17.3 Å². The maximum atomic E-state index is 5.18. The first-order valence-corrected chi connectivity index (χ1v) is 6.43. The van der Waals surface area contributed by atoms with Gasteiger partial charge < -0.3 is 15.4 Å². The Balaban J connectivity index is 2.11. The van der Waals surface area contributed by atoms with Crippen LogP contribution in [-0.4, -0.2) is 55.9 Å². The Labute approximate surface area is 104 Å². The van der Waals surface area contributed by atoms with Gasteiger partial charge in [0.15, 0.2) is 5.11 Å². The molecule has 0 aliphatic carbocycles. The van der Waals surface area contributed by atoms with E-state index < -0.39 is 0 Å². The van der Waals surface area contributed by atoms with Gasteiger partial charge in [-0.25, -0.2) is 0 Å². The average molecular weight is 245 g/mol. The quantitative estimate of drug-likeness (QED) is 0.529. The first-order chi connectivity index (χ1) is 7.77. The van der Waals surface area contributed by atoms with Gasteiger partial charge in [0.1, 0.15) is 0 Å². The van der Waals surface area contributed by atoms with Crippen LogP contribution in [0.15, 0.2) is 0 Å². The topological polar surface area (TPSA) is 36.5 Å². The highest BCUT2D eigenvalue weighted by Gasteiger charge is 2.22. The van der Waals surface area contributed by atoms with Gasteiger partial charge in [0.2, 0.25) is 0 Å². The Kier molecular flexibility index (Phi) is 6.68. The Hall–Kier alpha value is -0.390. The highest BCUT2D eigenvalue weighted by Crippen LogP contribution is 2.15. The van der Waals surface area contributed by atoms with E-state index >= 15 is 0 Å². The predicted molar refractivity (Wildman–Crippen MR) is 70.7 cm³/mol. The van der Waals surface area contributed by atoms with Crippen molar-refractivity contribution in [1.82, 2.24) is 15.5 Å². The number of ether oxygens (including phenoxy) is 1. The molecule has 0 spiro atoms. The van der Waals surface area contributed by atoms with Crippen molar-refractivity contribution in [1.29, 1.82) is 0 Å². The summed E-state index contributed by atoms with van der Waals surface area (Å²) in [5, 5.41) is 7.12. The molecule has 16 heavy (non-hydrogen) atoms. The fourth-order valence-electron chi connectivity index (χ4n) is 2.08. The second-order valence-electron chi connectivity index (χ2n) is 4.05. The molecule has 2 N–H and O–H groups in total. The number of likely N-dealkylation sites (N-methyl/N-ethyl adjacent to an activating group) is 1. The van der Waals surface area contributed by atoms with E-state index in [1.165, 1.54) is 19.4 Å². The van der Waals surface area contributed by atoms with Crippen LogP contribution in [0.1, 0.15) is 19.8 Å². The summed E-state index contributed by atoms with van der Waals surface area (Å²) in [4.78, 5) is 2.50. The smallest absolute Gasteiger partial charge is 0.166 e. The molecule has 1 heterocycles. The zero-order chi connectivity index (χ0) is 11.8. The number of methoxy groups -OCH3 is 1. The Morgan fingerprint density at radius 3 is 3.00 bits per heavy atom. The lowest BCUT2D eigenvalue weighted by Crippen LogP contribution is -2.44. The van der Waals surface area contributed by atoms with Crippen molar-refractivity contribution in [3.63, 3.8) is 0 Å². The molecule has 0 amide bonds. The minimum atomic E-state index is 0.646. The maximum absolute atomic E-state index is 5.18. The van der Waals surface area contributed by atoms with Crippen LogP contribution >= 0.6 is 12.2 Å². The molecule has 94 valence electrons. The second-order valence-corrected chi connectivity index (χ2v) is 4.46. The molecular formula is C11H23N3OS. The van der Waals surface area contributed by atoms with Gasteiger partial charge in [-0.15, -0.1) is 0 Å². The van der Waals surface area contributed by atoms with E-state index in [1.807, 2.05) is 0 Å². The monoisotopic (exact) mass is 245 g/mol. The van der Waals surface area contributed by atoms with Crippen molar-refractivity contribution < 1.29 is 4.74 Å². The molecule has 1 atom stereocenters. The SMILES string of the molecule is CCN1CCC[C@H]1CNC(=S)NCCOC. The van der Waals surface area contributed by atoms with Gasteiger partial charge in [0.05, 0.1) is 6.61 Å². The van der Waals surface area contributed by atoms with Crippen molar-refractivity contribution in [3.8, 4) is 0 Å². The fourth-order valence-corrected chi connectivity index (χ4v) is 2.27. The van der Waals surface area contributed by atoms with Crippen molar-refractivity contribution in [2.24, 2.45) is 0 Å². The fraction of sp³-hybridized carbons (Fsp3) is 0.909. The van der Waals surface area contributed by atoms with Crippen LogP contribution < -0.4 is 10.6 Å². The summed E-state index contributed by atoms with van der Waals surface area (Å²) >= 11 is 5.18. The van der Waals surface area contributed by atoms with E-state index in [1.54, 1.807) is 7.11 Å². The Morgan fingerprint density at radius 2 is 2.31 bits per heavy atom. The molecule has 0 unspecified atom stereocenters. The van der Waals surface area contributed by atoms with Gasteiger partial charge in [0.25, 0.3) is 0 Å². The second kappa shape index (κ2) is 7.81. The third-order valence-electron chi connectivity index (χ3n) is 3.00. The summed E-state index contributed by atoms with van der Waals surface area (Å²) < 4.78 is 4.95. The minimum absolute atomic E-state index is 0.646. The third kappa shape index (κ3) is 4.63. The molecule has 1 rings (SSSR count). The van der Waals surface area contributed by atoms with Crippen LogP contribution in [0.5, 0.6) is 0 Å². The molecule has 5 heteroatoms. The number of hydrogen-bond acceptors (Lipinski definition) is 3. The molecule has 1 aliphatic rings. The number of thiocarbonyl (C=S) groups is 1. The molecule has 0 aromatic carbocycles. The lowest BCUT2D eigenvalue weighted by molar-refractivity contribution is 0.203. The lowest BCUT2D eigenvalue weighted by atomic mass is 10.2. The Bertz CT molecular complexity index is 213. The van der Waals surface area contributed by atoms with Gasteiger partial charge >= 0.3 is 0 Å². The number of likely N-dealkylation sites (tertiary alicyclic amines) is 1. The highest BCUT2D eigenvalue weighted by atomic mass is 32.1. The molecule has 0 bridgehead atoms. The zero-order valence-corrected chi connectivity index (χ0v) is 11.1. The summed E-state index contributed by atoms with van der Waals surface area (Å²) in [6.07, 6.45) is 2.59. The summed E-state index contributed by atoms with van der Waals surface area (Å²) in [6.45, 7) is 6.99. The maximum Gasteiger partial charge on any atom is 0.166 e. The number of nitrogens with zero attached hydrogens (tertiary/aromatic N) is 1. The average Bonchev–Trinajstić information content (AvgIpc) is 2.74. The molecule has 0 saturated carbocycles. The van der Waals surface area contributed by atoms with Gasteiger partial charge in [-0.3, -0.25) is 4.90 Å². The summed E-state index contributed by atoms with van der Waals surface area (Å²) in [5.41, 5.74) is 0. The van der Waals surface area contributed by atoms with E-state index in [-0.39, 0.29) is 0 Å². The molecule has 1 aliphatic heterocycles. The van der Waals surface area contributed by atoms with Crippen LogP contribution in [0.25, 0.3) is 0 Å². The van der Waals surface area contributed by atoms with Gasteiger partial charge in [-0.2, -0.15) is 0 Å². The Morgan fingerprint density at radius 1 is 1.50 bits per heavy atom. The molecule has 0 aromatic heterocycles. The number of rotatable bonds is 6. The van der Waals surface area contributed by atoms with Crippen molar-refractivity contribution in [3.05, 3.63) is 0 Å². The predicted octanol–water partition coefficient (Wildman–Crippen LogP) is 0.581. The van der Waals surface area contributed by atoms with E-state index in [9.17, 15) is 0 Å². The summed E-state index contributed by atoms with van der Waals surface area (Å²) in [6, 6.07) is 0.646. The van der Waals surface area contributed by atoms with Gasteiger partial charge in [-0.05, 0) is 38.1 Å². The molecular weight excluding hydrogens is 222 g/mol. The third-order valence-corrected chi connectivity index (χ3v) is 3.28. The van der Waals surface area contributed by atoms with E-state index in [2.05, 4.69) is 22.5 Å². The zero-order valence-electron chi connectivity index (χ0n) is 10.3. The van der Waals surface area contributed by atoms with Crippen molar-refractivity contribution in [2.75, 3.05) is 39.9 Å². The molecule has 0 aromatic rings. The van der Waals surface area contributed by atoms with E-state index in [0.29, 0.717) is 12.6 Å². The van der Waals surface area contributed by atoms with Crippen LogP contribution in [0.3, 0.4) is 0 Å². The van der Waals surface area contributed by atoms with Crippen molar-refractivity contribution in [2.45, 2.75) is 25.8 Å². The lowest BCUT2D eigenvalue weighted by Gasteiger charge is -2.23. The molecule has 1 saturated heterocycles. The van der Waals surface area contributed by atoms with Gasteiger partial charge in [-0.1, -0.05) is 6.92 Å².